The van der Waals surface area contributed by atoms with E-state index in [0.29, 0.717) is 33.1 Å². The Hall–Kier alpha value is -3.85. The van der Waals surface area contributed by atoms with Crippen molar-refractivity contribution in [3.05, 3.63) is 75.1 Å². The highest BCUT2D eigenvalue weighted by Gasteiger charge is 2.28. The lowest BCUT2D eigenvalue weighted by Crippen LogP contribution is -2.25. The lowest BCUT2D eigenvalue weighted by molar-refractivity contribution is -0.116. The molecule has 2 aromatic carbocycles. The molecule has 0 bridgehead atoms. The Kier molecular flexibility index (Phi) is 5.47. The quantitative estimate of drug-likeness (QED) is 0.449. The van der Waals surface area contributed by atoms with E-state index in [1.807, 2.05) is 0 Å². The van der Waals surface area contributed by atoms with Gasteiger partial charge in [-0.15, -0.1) is 11.3 Å². The number of oxazole rings is 1. The first-order valence-corrected chi connectivity index (χ1v) is 11.3. The summed E-state index contributed by atoms with van der Waals surface area (Å²) in [7, 11) is 1.58. The van der Waals surface area contributed by atoms with E-state index in [4.69, 9.17) is 9.15 Å². The van der Waals surface area contributed by atoms with Crippen molar-refractivity contribution >= 4 is 44.9 Å². The van der Waals surface area contributed by atoms with Gasteiger partial charge in [-0.2, -0.15) is 0 Å². The number of carbonyl (C=O) groups is 2. The van der Waals surface area contributed by atoms with Gasteiger partial charge in [0, 0.05) is 10.6 Å². The van der Waals surface area contributed by atoms with E-state index >= 15 is 0 Å². The molecule has 5 rings (SSSR count). The Bertz CT molecular complexity index is 1410. The Balaban J connectivity index is 1.39. The van der Waals surface area contributed by atoms with Crippen LogP contribution in [0.4, 0.5) is 10.7 Å². The summed E-state index contributed by atoms with van der Waals surface area (Å²) >= 11 is 1.42. The van der Waals surface area contributed by atoms with Crippen molar-refractivity contribution in [1.29, 1.82) is 0 Å². The molecule has 2 amide bonds. The number of methoxy groups -OCH3 is 1. The molecule has 0 fully saturated rings. The maximum absolute atomic E-state index is 13.2. The molecule has 2 heterocycles. The molecule has 4 aromatic rings. The lowest BCUT2D eigenvalue weighted by Gasteiger charge is -2.10. The Morgan fingerprint density at radius 2 is 1.88 bits per heavy atom. The summed E-state index contributed by atoms with van der Waals surface area (Å²) in [5, 5.41) is 6.26. The molecule has 0 atom stereocenters. The van der Waals surface area contributed by atoms with Crippen LogP contribution in [0, 0.1) is 0 Å². The van der Waals surface area contributed by atoms with Gasteiger partial charge in [-0.25, -0.2) is 4.79 Å². The number of para-hydroxylation sites is 2. The normalized spacial score (nSPS) is 12.5. The molecule has 1 aliphatic carbocycles. The van der Waals surface area contributed by atoms with Gasteiger partial charge in [0.1, 0.15) is 17.3 Å². The zero-order valence-electron chi connectivity index (χ0n) is 17.8. The van der Waals surface area contributed by atoms with E-state index in [1.54, 1.807) is 55.6 Å². The second kappa shape index (κ2) is 8.59. The topological polar surface area (TPSA) is 103 Å². The first-order chi connectivity index (χ1) is 16.0. The fraction of sp³-hybridized carbons (Fsp3) is 0.208. The number of fused-ring (bicyclic) bond motifs is 2. The second-order valence-corrected chi connectivity index (χ2v) is 8.82. The summed E-state index contributed by atoms with van der Waals surface area (Å²) in [6.45, 7) is -0.210. The molecular weight excluding hydrogens is 442 g/mol. The highest BCUT2D eigenvalue weighted by molar-refractivity contribution is 7.17. The summed E-state index contributed by atoms with van der Waals surface area (Å²) < 4.78 is 11.6. The van der Waals surface area contributed by atoms with Gasteiger partial charge in [0.05, 0.1) is 18.2 Å². The van der Waals surface area contributed by atoms with Crippen LogP contribution in [0.3, 0.4) is 0 Å². The zero-order valence-corrected chi connectivity index (χ0v) is 18.7. The van der Waals surface area contributed by atoms with Crippen LogP contribution in [-0.2, 0) is 24.2 Å². The SMILES string of the molecule is COc1ccc(NC(=O)c2c(NC(=O)Cn3c(=O)oc4ccccc43)sc3c2CCC3)cc1. The Morgan fingerprint density at radius 3 is 2.67 bits per heavy atom. The lowest BCUT2D eigenvalue weighted by atomic mass is 10.1. The van der Waals surface area contributed by atoms with Gasteiger partial charge in [0.25, 0.3) is 5.91 Å². The number of nitrogens with one attached hydrogen (secondary N) is 2. The first kappa shape index (κ1) is 21.0. The number of aryl methyl sites for hydroxylation is 1. The predicted molar refractivity (Wildman–Crippen MR) is 126 cm³/mol. The summed E-state index contributed by atoms with van der Waals surface area (Å²) in [5.41, 5.74) is 3.06. The molecule has 0 aliphatic heterocycles. The summed E-state index contributed by atoms with van der Waals surface area (Å²) in [6.07, 6.45) is 2.65. The van der Waals surface area contributed by atoms with Gasteiger partial charge in [0.15, 0.2) is 5.58 Å². The average Bonchev–Trinajstić information content (AvgIpc) is 3.47. The number of hydrogen-bond acceptors (Lipinski definition) is 6. The van der Waals surface area contributed by atoms with Crippen molar-refractivity contribution in [1.82, 2.24) is 4.57 Å². The Labute approximate surface area is 192 Å². The molecule has 0 unspecified atom stereocenters. The molecule has 0 spiro atoms. The molecule has 8 nitrogen and oxygen atoms in total. The van der Waals surface area contributed by atoms with Crippen molar-refractivity contribution in [3.8, 4) is 5.75 Å². The van der Waals surface area contributed by atoms with Crippen molar-refractivity contribution in [2.45, 2.75) is 25.8 Å². The van der Waals surface area contributed by atoms with E-state index in [0.717, 1.165) is 29.7 Å². The third-order valence-corrected chi connectivity index (χ3v) is 6.83. The van der Waals surface area contributed by atoms with E-state index in [1.165, 1.54) is 15.9 Å². The van der Waals surface area contributed by atoms with Gasteiger partial charge >= 0.3 is 5.76 Å². The van der Waals surface area contributed by atoms with Crippen LogP contribution in [0.15, 0.2) is 57.7 Å². The third-order valence-electron chi connectivity index (χ3n) is 5.62. The van der Waals surface area contributed by atoms with Crippen molar-refractivity contribution in [2.75, 3.05) is 17.7 Å². The number of aromatic nitrogens is 1. The second-order valence-electron chi connectivity index (χ2n) is 7.71. The number of amides is 2. The first-order valence-electron chi connectivity index (χ1n) is 10.5. The van der Waals surface area contributed by atoms with Gasteiger partial charge in [-0.3, -0.25) is 14.2 Å². The highest BCUT2D eigenvalue weighted by Crippen LogP contribution is 2.39. The van der Waals surface area contributed by atoms with Gasteiger partial charge in [-0.1, -0.05) is 12.1 Å². The molecule has 0 saturated heterocycles. The molecule has 2 N–H and O–H groups in total. The molecule has 168 valence electrons. The minimum absolute atomic E-state index is 0.210. The van der Waals surface area contributed by atoms with Crippen LogP contribution in [0.2, 0.25) is 0 Å². The fourth-order valence-electron chi connectivity index (χ4n) is 4.07. The monoisotopic (exact) mass is 463 g/mol. The number of anilines is 2. The summed E-state index contributed by atoms with van der Waals surface area (Å²) in [4.78, 5) is 39.4. The van der Waals surface area contributed by atoms with Crippen LogP contribution in [0.5, 0.6) is 5.75 Å². The standard InChI is InChI=1S/C24H21N3O5S/c1-31-15-11-9-14(10-12-15)25-22(29)21-16-5-4-8-19(16)33-23(21)26-20(28)13-27-17-6-2-3-7-18(17)32-24(27)30/h2-3,6-7,9-12H,4-5,8,13H2,1H3,(H,25,29)(H,26,28). The van der Waals surface area contributed by atoms with E-state index in [9.17, 15) is 14.4 Å². The molecule has 2 aromatic heterocycles. The van der Waals surface area contributed by atoms with E-state index in [2.05, 4.69) is 10.6 Å². The molecule has 0 radical (unpaired) electrons. The average molecular weight is 464 g/mol. The number of hydrogen-bond donors (Lipinski definition) is 2. The molecular formula is C24H21N3O5S. The van der Waals surface area contributed by atoms with Crippen molar-refractivity contribution < 1.29 is 18.7 Å². The van der Waals surface area contributed by atoms with Crippen LogP contribution in [0.25, 0.3) is 11.1 Å². The van der Waals surface area contributed by atoms with Crippen LogP contribution >= 0.6 is 11.3 Å². The number of thiophene rings is 1. The fourth-order valence-corrected chi connectivity index (χ4v) is 5.38. The number of benzene rings is 2. The minimum atomic E-state index is -0.600. The van der Waals surface area contributed by atoms with Gasteiger partial charge < -0.3 is 19.8 Å². The maximum Gasteiger partial charge on any atom is 0.420 e. The predicted octanol–water partition coefficient (Wildman–Crippen LogP) is 4.04. The smallest absolute Gasteiger partial charge is 0.420 e. The molecule has 9 heteroatoms. The van der Waals surface area contributed by atoms with E-state index in [-0.39, 0.29) is 12.5 Å². The summed E-state index contributed by atoms with van der Waals surface area (Å²) in [5.74, 6) is -0.584. The number of nitrogens with zero attached hydrogens (tertiary/aromatic N) is 1. The van der Waals surface area contributed by atoms with Crippen molar-refractivity contribution in [3.63, 3.8) is 0 Å². The van der Waals surface area contributed by atoms with Gasteiger partial charge in [0.2, 0.25) is 5.91 Å². The number of ether oxygens (including phenoxy) is 1. The maximum atomic E-state index is 13.2. The molecule has 0 saturated carbocycles. The van der Waals surface area contributed by atoms with Crippen LogP contribution in [0.1, 0.15) is 27.2 Å². The minimum Gasteiger partial charge on any atom is -0.497 e. The molecule has 33 heavy (non-hydrogen) atoms. The van der Waals surface area contributed by atoms with Crippen LogP contribution < -0.4 is 21.1 Å². The van der Waals surface area contributed by atoms with Crippen LogP contribution in [-0.4, -0.2) is 23.5 Å². The zero-order chi connectivity index (χ0) is 22.9. The highest BCUT2D eigenvalue weighted by atomic mass is 32.1. The van der Waals surface area contributed by atoms with Gasteiger partial charge in [-0.05, 0) is 61.2 Å². The number of rotatable bonds is 6. The number of carbonyl (C=O) groups excluding carboxylic acids is 2. The Morgan fingerprint density at radius 1 is 1.09 bits per heavy atom. The van der Waals surface area contributed by atoms with E-state index < -0.39 is 11.7 Å². The third kappa shape index (κ3) is 4.03. The largest absolute Gasteiger partial charge is 0.497 e. The van der Waals surface area contributed by atoms with Crippen molar-refractivity contribution in [2.24, 2.45) is 0 Å². The molecule has 1 aliphatic rings. The summed E-state index contributed by atoms with van der Waals surface area (Å²) in [6, 6.07) is 14.0.